The Balaban J connectivity index is 2.27. The van der Waals surface area contributed by atoms with Crippen molar-refractivity contribution in [3.63, 3.8) is 0 Å². The van der Waals surface area contributed by atoms with Crippen molar-refractivity contribution in [1.82, 2.24) is 10.0 Å². The van der Waals surface area contributed by atoms with Crippen molar-refractivity contribution < 1.29 is 13.2 Å². The van der Waals surface area contributed by atoms with Crippen LogP contribution in [0.1, 0.15) is 26.7 Å². The first-order valence-electron chi connectivity index (χ1n) is 5.83. The maximum absolute atomic E-state index is 11.8. The molecule has 1 unspecified atom stereocenters. The third kappa shape index (κ3) is 4.78. The fourth-order valence-corrected chi connectivity index (χ4v) is 3.10. The normalized spacial score (nSPS) is 22.6. The van der Waals surface area contributed by atoms with E-state index in [1.54, 1.807) is 0 Å². The average molecular weight is 250 g/mol. The molecule has 1 rings (SSSR count). The van der Waals surface area contributed by atoms with Crippen LogP contribution in [0.5, 0.6) is 0 Å². The number of nitrogens with one attached hydrogen (secondary N) is 2. The molecule has 0 aromatic rings. The Morgan fingerprint density at radius 2 is 2.25 bits per heavy atom. The Labute approximate surface area is 98.0 Å². The first kappa shape index (κ1) is 13.9. The Bertz CT molecular complexity index is 284. The van der Waals surface area contributed by atoms with Crippen LogP contribution in [-0.4, -0.2) is 46.0 Å². The Kier molecular flexibility index (Phi) is 5.68. The van der Waals surface area contributed by atoms with Crippen molar-refractivity contribution in [2.24, 2.45) is 0 Å². The maximum Gasteiger partial charge on any atom is 0.215 e. The fourth-order valence-electron chi connectivity index (χ4n) is 1.68. The van der Waals surface area contributed by atoms with Crippen LogP contribution < -0.4 is 10.0 Å². The molecule has 96 valence electrons. The molecule has 1 fully saturated rings. The summed E-state index contributed by atoms with van der Waals surface area (Å²) in [6, 6.07) is 0. The van der Waals surface area contributed by atoms with Gasteiger partial charge in [0.25, 0.3) is 0 Å². The van der Waals surface area contributed by atoms with Gasteiger partial charge in [0.15, 0.2) is 0 Å². The predicted octanol–water partition coefficient (Wildman–Crippen LogP) is 0.0828. The highest BCUT2D eigenvalue weighted by Crippen LogP contribution is 2.09. The smallest absolute Gasteiger partial charge is 0.215 e. The molecule has 2 N–H and O–H groups in total. The lowest BCUT2D eigenvalue weighted by atomic mass is 10.2. The quantitative estimate of drug-likeness (QED) is 0.655. The molecule has 0 aromatic heterocycles. The molecule has 1 aliphatic heterocycles. The molecule has 0 spiro atoms. The molecule has 1 atom stereocenters. The summed E-state index contributed by atoms with van der Waals surface area (Å²) in [7, 11) is -3.17. The zero-order chi connectivity index (χ0) is 12.0. The number of hydrogen-bond donors (Lipinski definition) is 2. The molecular formula is C10H22N2O3S. The molecule has 1 saturated heterocycles. The first-order chi connectivity index (χ1) is 7.52. The molecule has 16 heavy (non-hydrogen) atoms. The molecule has 0 aromatic carbocycles. The lowest BCUT2D eigenvalue weighted by Gasteiger charge is -2.23. The molecule has 1 heterocycles. The lowest BCUT2D eigenvalue weighted by molar-refractivity contribution is 0.0833. The Morgan fingerprint density at radius 3 is 2.81 bits per heavy atom. The second-order valence-corrected chi connectivity index (χ2v) is 6.37. The van der Waals surface area contributed by atoms with Crippen molar-refractivity contribution in [1.29, 1.82) is 0 Å². The van der Waals surface area contributed by atoms with Crippen molar-refractivity contribution in [3.8, 4) is 0 Å². The number of piperidine rings is 1. The van der Waals surface area contributed by atoms with Crippen molar-refractivity contribution in [2.75, 3.05) is 26.2 Å². The summed E-state index contributed by atoms with van der Waals surface area (Å²) in [4.78, 5) is 0. The third-order valence-electron chi connectivity index (χ3n) is 2.55. The second kappa shape index (κ2) is 6.54. The van der Waals surface area contributed by atoms with Gasteiger partial charge in [-0.05, 0) is 33.2 Å². The predicted molar refractivity (Wildman–Crippen MR) is 63.9 cm³/mol. The van der Waals surface area contributed by atoms with Crippen LogP contribution in [0.2, 0.25) is 0 Å². The summed E-state index contributed by atoms with van der Waals surface area (Å²) in [5.74, 6) is 0. The van der Waals surface area contributed by atoms with E-state index in [0.717, 1.165) is 19.4 Å². The molecule has 6 heteroatoms. The number of sulfonamides is 1. The standard InChI is InChI=1S/C10H22N2O3S/c1-9(2)15-7-6-12-16(13,14)10-4-3-5-11-8-10/h9-12H,3-8H2,1-2H3. The minimum atomic E-state index is -3.17. The molecule has 0 radical (unpaired) electrons. The van der Waals surface area contributed by atoms with E-state index in [4.69, 9.17) is 4.74 Å². The minimum absolute atomic E-state index is 0.140. The van der Waals surface area contributed by atoms with E-state index in [-0.39, 0.29) is 11.4 Å². The van der Waals surface area contributed by atoms with Gasteiger partial charge in [-0.1, -0.05) is 0 Å². The molecular weight excluding hydrogens is 228 g/mol. The number of rotatable bonds is 6. The van der Waals surface area contributed by atoms with Crippen LogP contribution in [0.25, 0.3) is 0 Å². The summed E-state index contributed by atoms with van der Waals surface area (Å²) in [6.45, 7) is 6.12. The van der Waals surface area contributed by atoms with Crippen LogP contribution >= 0.6 is 0 Å². The van der Waals surface area contributed by atoms with Gasteiger partial charge in [-0.25, -0.2) is 13.1 Å². The SMILES string of the molecule is CC(C)OCCNS(=O)(=O)C1CCCNC1. The van der Waals surface area contributed by atoms with Gasteiger partial charge in [0.05, 0.1) is 18.0 Å². The number of hydrogen-bond acceptors (Lipinski definition) is 4. The van der Waals surface area contributed by atoms with Gasteiger partial charge in [0.1, 0.15) is 0 Å². The van der Waals surface area contributed by atoms with Gasteiger partial charge in [-0.2, -0.15) is 0 Å². The average Bonchev–Trinajstić information content (AvgIpc) is 2.26. The van der Waals surface area contributed by atoms with E-state index in [1.165, 1.54) is 0 Å². The zero-order valence-corrected chi connectivity index (χ0v) is 10.8. The van der Waals surface area contributed by atoms with Gasteiger partial charge in [-0.15, -0.1) is 0 Å². The number of ether oxygens (including phenoxy) is 1. The van der Waals surface area contributed by atoms with Crippen LogP contribution in [0.4, 0.5) is 0 Å². The van der Waals surface area contributed by atoms with E-state index in [1.807, 2.05) is 13.8 Å². The van der Waals surface area contributed by atoms with Crippen LogP contribution in [0, 0.1) is 0 Å². The lowest BCUT2D eigenvalue weighted by Crippen LogP contribution is -2.45. The van der Waals surface area contributed by atoms with Crippen LogP contribution in [0.15, 0.2) is 0 Å². The van der Waals surface area contributed by atoms with E-state index in [9.17, 15) is 8.42 Å². The van der Waals surface area contributed by atoms with Crippen LogP contribution in [0.3, 0.4) is 0 Å². The summed E-state index contributed by atoms with van der Waals surface area (Å²) in [5.41, 5.74) is 0. The molecule has 5 nitrogen and oxygen atoms in total. The molecule has 0 amide bonds. The third-order valence-corrected chi connectivity index (χ3v) is 4.43. The van der Waals surface area contributed by atoms with E-state index in [0.29, 0.717) is 19.7 Å². The summed E-state index contributed by atoms with van der Waals surface area (Å²) >= 11 is 0. The van der Waals surface area contributed by atoms with E-state index < -0.39 is 10.0 Å². The topological polar surface area (TPSA) is 67.4 Å². The van der Waals surface area contributed by atoms with Crippen molar-refractivity contribution >= 4 is 10.0 Å². The Morgan fingerprint density at radius 1 is 1.50 bits per heavy atom. The molecule has 1 aliphatic rings. The van der Waals surface area contributed by atoms with Crippen molar-refractivity contribution in [3.05, 3.63) is 0 Å². The second-order valence-electron chi connectivity index (χ2n) is 4.33. The van der Waals surface area contributed by atoms with E-state index in [2.05, 4.69) is 10.0 Å². The van der Waals surface area contributed by atoms with Gasteiger partial charge in [0.2, 0.25) is 10.0 Å². The first-order valence-corrected chi connectivity index (χ1v) is 7.38. The summed E-state index contributed by atoms with van der Waals surface area (Å²) in [6.07, 6.45) is 1.81. The largest absolute Gasteiger partial charge is 0.377 e. The van der Waals surface area contributed by atoms with Gasteiger partial charge >= 0.3 is 0 Å². The highest BCUT2D eigenvalue weighted by atomic mass is 32.2. The van der Waals surface area contributed by atoms with Gasteiger partial charge in [-0.3, -0.25) is 0 Å². The monoisotopic (exact) mass is 250 g/mol. The van der Waals surface area contributed by atoms with Gasteiger partial charge in [0, 0.05) is 13.1 Å². The molecule has 0 aliphatic carbocycles. The highest BCUT2D eigenvalue weighted by molar-refractivity contribution is 7.90. The minimum Gasteiger partial charge on any atom is -0.377 e. The van der Waals surface area contributed by atoms with Crippen molar-refractivity contribution in [2.45, 2.75) is 38.0 Å². The summed E-state index contributed by atoms with van der Waals surface area (Å²) in [5, 5.41) is 2.81. The summed E-state index contributed by atoms with van der Waals surface area (Å²) < 4.78 is 31.5. The highest BCUT2D eigenvalue weighted by Gasteiger charge is 2.26. The molecule has 0 bridgehead atoms. The zero-order valence-electron chi connectivity index (χ0n) is 10.0. The fraction of sp³-hybridized carbons (Fsp3) is 1.00. The molecule has 0 saturated carbocycles. The van der Waals surface area contributed by atoms with E-state index >= 15 is 0 Å². The van der Waals surface area contributed by atoms with Gasteiger partial charge < -0.3 is 10.1 Å². The maximum atomic E-state index is 11.8. The Hall–Kier alpha value is -0.170. The van der Waals surface area contributed by atoms with Crippen LogP contribution in [-0.2, 0) is 14.8 Å².